The zero-order chi connectivity index (χ0) is 18.9. The molecule has 2 aromatic rings. The van der Waals surface area contributed by atoms with Crippen LogP contribution in [0.2, 0.25) is 0 Å². The van der Waals surface area contributed by atoms with Gasteiger partial charge in [-0.1, -0.05) is 56.7 Å². The van der Waals surface area contributed by atoms with E-state index in [9.17, 15) is 8.42 Å². The zero-order valence-electron chi connectivity index (χ0n) is 16.1. The largest absolute Gasteiger partial charge is 0.444 e. The maximum Gasteiger partial charge on any atom is 0.198 e. The van der Waals surface area contributed by atoms with Crippen molar-refractivity contribution in [2.75, 3.05) is 6.26 Å². The van der Waals surface area contributed by atoms with E-state index in [0.29, 0.717) is 22.3 Å². The number of aromatic nitrogens is 1. The van der Waals surface area contributed by atoms with Gasteiger partial charge in [0.2, 0.25) is 0 Å². The molecule has 0 bridgehead atoms. The topological polar surface area (TPSA) is 60.2 Å². The molecule has 4 nitrogen and oxygen atoms in total. The first kappa shape index (κ1) is 18.7. The Morgan fingerprint density at radius 1 is 0.889 bits per heavy atom. The molecule has 0 spiro atoms. The molecule has 0 radical (unpaired) electrons. The smallest absolute Gasteiger partial charge is 0.198 e. The summed E-state index contributed by atoms with van der Waals surface area (Å²) in [5.74, 6) is 2.48. The third-order valence-corrected chi connectivity index (χ3v) is 7.30. The molecule has 2 aliphatic carbocycles. The molecular formula is C22H29NO3S. The summed E-state index contributed by atoms with van der Waals surface area (Å²) < 4.78 is 31.1. The molecular weight excluding hydrogens is 358 g/mol. The lowest BCUT2D eigenvalue weighted by atomic mass is 9.86. The van der Waals surface area contributed by atoms with Crippen molar-refractivity contribution in [3.63, 3.8) is 0 Å². The second kappa shape index (κ2) is 7.78. The van der Waals surface area contributed by atoms with Crippen molar-refractivity contribution in [1.29, 1.82) is 0 Å². The Bertz CT molecular complexity index is 888. The van der Waals surface area contributed by atoms with E-state index in [1.165, 1.54) is 44.8 Å². The van der Waals surface area contributed by atoms with Gasteiger partial charge in [-0.05, 0) is 31.7 Å². The summed E-state index contributed by atoms with van der Waals surface area (Å²) in [4.78, 5) is 5.27. The van der Waals surface area contributed by atoms with Gasteiger partial charge in [-0.15, -0.1) is 0 Å². The number of hydrogen-bond acceptors (Lipinski definition) is 4. The fourth-order valence-corrected chi connectivity index (χ4v) is 5.58. The Labute approximate surface area is 162 Å². The Hall–Kier alpha value is -1.62. The molecule has 0 saturated heterocycles. The molecule has 4 rings (SSSR count). The maximum absolute atomic E-state index is 12.4. The molecule has 0 N–H and O–H groups in total. The summed E-state index contributed by atoms with van der Waals surface area (Å²) in [6.45, 7) is 0. The molecule has 1 aromatic heterocycles. The lowest BCUT2D eigenvalue weighted by Crippen LogP contribution is -2.06. The van der Waals surface area contributed by atoms with E-state index >= 15 is 0 Å². The van der Waals surface area contributed by atoms with Crippen LogP contribution < -0.4 is 0 Å². The molecule has 1 aromatic carbocycles. The Morgan fingerprint density at radius 3 is 2.11 bits per heavy atom. The average molecular weight is 388 g/mol. The molecule has 0 atom stereocenters. The molecule has 1 heterocycles. The zero-order valence-corrected chi connectivity index (χ0v) is 16.9. The van der Waals surface area contributed by atoms with Crippen LogP contribution in [0.3, 0.4) is 0 Å². The van der Waals surface area contributed by atoms with E-state index in [4.69, 9.17) is 9.40 Å². The minimum atomic E-state index is -3.33. The van der Waals surface area contributed by atoms with Crippen molar-refractivity contribution in [2.24, 2.45) is 0 Å². The third-order valence-electron chi connectivity index (χ3n) is 6.14. The predicted octanol–water partition coefficient (Wildman–Crippen LogP) is 5.84. The Kier molecular flexibility index (Phi) is 5.40. The Morgan fingerprint density at radius 2 is 1.48 bits per heavy atom. The fourth-order valence-electron chi connectivity index (χ4n) is 4.69. The summed E-state index contributed by atoms with van der Waals surface area (Å²) in [5.41, 5.74) is 1.47. The Balaban J connectivity index is 1.82. The van der Waals surface area contributed by atoms with Crippen molar-refractivity contribution in [3.8, 4) is 11.3 Å². The van der Waals surface area contributed by atoms with E-state index in [0.717, 1.165) is 43.0 Å². The first-order valence-corrected chi connectivity index (χ1v) is 12.2. The van der Waals surface area contributed by atoms with Gasteiger partial charge in [0.1, 0.15) is 11.5 Å². The molecule has 2 saturated carbocycles. The van der Waals surface area contributed by atoms with Crippen LogP contribution in [-0.4, -0.2) is 19.7 Å². The molecule has 2 fully saturated rings. The highest BCUT2D eigenvalue weighted by molar-refractivity contribution is 7.90. The van der Waals surface area contributed by atoms with Crippen LogP contribution in [0.15, 0.2) is 33.6 Å². The van der Waals surface area contributed by atoms with Crippen molar-refractivity contribution in [3.05, 3.63) is 35.9 Å². The van der Waals surface area contributed by atoms with Crippen molar-refractivity contribution in [1.82, 2.24) is 4.98 Å². The first-order chi connectivity index (χ1) is 13.0. The van der Waals surface area contributed by atoms with Gasteiger partial charge in [0.25, 0.3) is 0 Å². The normalized spacial score (nSPS) is 20.0. The van der Waals surface area contributed by atoms with E-state index in [1.807, 2.05) is 12.1 Å². The number of nitrogens with zero attached hydrogens (tertiary/aromatic N) is 1. The third kappa shape index (κ3) is 3.98. The molecule has 5 heteroatoms. The lowest BCUT2D eigenvalue weighted by molar-refractivity contribution is 0.322. The van der Waals surface area contributed by atoms with Crippen molar-refractivity contribution in [2.45, 2.75) is 80.9 Å². The second-order valence-electron chi connectivity index (χ2n) is 8.20. The minimum Gasteiger partial charge on any atom is -0.444 e. The predicted molar refractivity (Wildman–Crippen MR) is 107 cm³/mol. The monoisotopic (exact) mass is 387 g/mol. The lowest BCUT2D eigenvalue weighted by Gasteiger charge is -2.21. The van der Waals surface area contributed by atoms with Gasteiger partial charge in [0.15, 0.2) is 15.7 Å². The quantitative estimate of drug-likeness (QED) is 0.661. The summed E-state index contributed by atoms with van der Waals surface area (Å²) >= 11 is 0. The summed E-state index contributed by atoms with van der Waals surface area (Å²) in [6.07, 6.45) is 13.1. The van der Waals surface area contributed by atoms with Crippen molar-refractivity contribution >= 4 is 9.84 Å². The van der Waals surface area contributed by atoms with Crippen LogP contribution in [0.25, 0.3) is 11.3 Å². The van der Waals surface area contributed by atoms with E-state index in [-0.39, 0.29) is 0 Å². The first-order valence-electron chi connectivity index (χ1n) is 10.3. The van der Waals surface area contributed by atoms with Crippen LogP contribution in [0, 0.1) is 0 Å². The number of rotatable bonds is 4. The van der Waals surface area contributed by atoms with Crippen LogP contribution in [0.5, 0.6) is 0 Å². The van der Waals surface area contributed by atoms with E-state index in [1.54, 1.807) is 12.1 Å². The van der Waals surface area contributed by atoms with Crippen LogP contribution in [0.1, 0.15) is 87.7 Å². The van der Waals surface area contributed by atoms with Gasteiger partial charge in [-0.25, -0.2) is 13.4 Å². The van der Waals surface area contributed by atoms with Gasteiger partial charge in [-0.3, -0.25) is 0 Å². The summed E-state index contributed by atoms with van der Waals surface area (Å²) in [5, 5.41) is 0. The SMILES string of the molecule is CS(=O)(=O)c1ccccc1-c1nc(C2CCCCC2)oc1C1CCCCC1. The highest BCUT2D eigenvalue weighted by Crippen LogP contribution is 2.43. The van der Waals surface area contributed by atoms with Crippen LogP contribution >= 0.6 is 0 Å². The molecule has 27 heavy (non-hydrogen) atoms. The summed E-state index contributed by atoms with van der Waals surface area (Å²) in [7, 11) is -3.33. The van der Waals surface area contributed by atoms with Gasteiger partial charge in [-0.2, -0.15) is 0 Å². The van der Waals surface area contributed by atoms with Crippen molar-refractivity contribution < 1.29 is 12.8 Å². The highest BCUT2D eigenvalue weighted by atomic mass is 32.2. The number of hydrogen-bond donors (Lipinski definition) is 0. The maximum atomic E-state index is 12.4. The molecule has 0 unspecified atom stereocenters. The fraction of sp³-hybridized carbons (Fsp3) is 0.591. The number of oxazole rings is 1. The standard InChI is InChI=1S/C22H29NO3S/c1-27(24,25)19-15-9-8-14-18(19)20-21(16-10-4-2-5-11-16)26-22(23-20)17-12-6-3-7-13-17/h8-9,14-17H,2-7,10-13H2,1H3. The highest BCUT2D eigenvalue weighted by Gasteiger charge is 2.30. The van der Waals surface area contributed by atoms with Crippen LogP contribution in [0.4, 0.5) is 0 Å². The molecule has 146 valence electrons. The number of sulfone groups is 1. The van der Waals surface area contributed by atoms with E-state index < -0.39 is 9.84 Å². The molecule has 2 aliphatic rings. The van der Waals surface area contributed by atoms with Gasteiger partial charge < -0.3 is 4.42 Å². The number of benzene rings is 1. The minimum absolute atomic E-state index is 0.352. The van der Waals surface area contributed by atoms with Crippen LogP contribution in [-0.2, 0) is 9.84 Å². The van der Waals surface area contributed by atoms with Gasteiger partial charge >= 0.3 is 0 Å². The van der Waals surface area contributed by atoms with Gasteiger partial charge in [0.05, 0.1) is 4.90 Å². The molecule has 0 aliphatic heterocycles. The summed E-state index contributed by atoms with van der Waals surface area (Å²) in [6, 6.07) is 7.24. The average Bonchev–Trinajstić information content (AvgIpc) is 3.14. The molecule has 0 amide bonds. The second-order valence-corrected chi connectivity index (χ2v) is 10.2. The van der Waals surface area contributed by atoms with E-state index in [2.05, 4.69) is 0 Å². The van der Waals surface area contributed by atoms with Gasteiger partial charge in [0, 0.05) is 23.7 Å².